The van der Waals surface area contributed by atoms with Crippen molar-refractivity contribution in [1.29, 1.82) is 0 Å². The molecule has 1 N–H and O–H groups in total. The molecule has 0 bridgehead atoms. The van der Waals surface area contributed by atoms with E-state index in [1.165, 1.54) is 12.1 Å². The molecule has 112 valence electrons. The van der Waals surface area contributed by atoms with E-state index in [1.54, 1.807) is 6.92 Å². The Kier molecular flexibility index (Phi) is 5.49. The van der Waals surface area contributed by atoms with Crippen LogP contribution in [0.25, 0.3) is 0 Å². The Bertz CT molecular complexity index is 444. The monoisotopic (exact) mass is 283 g/mol. The minimum absolute atomic E-state index is 0.171. The van der Waals surface area contributed by atoms with E-state index in [1.807, 2.05) is 6.92 Å². The highest BCUT2D eigenvalue weighted by Gasteiger charge is 2.23. The Morgan fingerprint density at radius 1 is 1.40 bits per heavy atom. The summed E-state index contributed by atoms with van der Waals surface area (Å²) in [6.07, 6.45) is 3.91. The average Bonchev–Trinajstić information content (AvgIpc) is 2.94. The fourth-order valence-corrected chi connectivity index (χ4v) is 2.82. The molecule has 2 atom stereocenters. The Balaban J connectivity index is 2.12. The summed E-state index contributed by atoms with van der Waals surface area (Å²) >= 11 is 0. The minimum atomic E-state index is -0.466. The third-order valence-electron chi connectivity index (χ3n) is 3.92. The van der Waals surface area contributed by atoms with Gasteiger partial charge in [0.2, 0.25) is 0 Å². The van der Waals surface area contributed by atoms with Crippen molar-refractivity contribution in [3.05, 3.63) is 34.9 Å². The molecule has 1 fully saturated rings. The Labute approximate surface area is 119 Å². The second-order valence-electron chi connectivity index (χ2n) is 5.41. The van der Waals surface area contributed by atoms with E-state index in [4.69, 9.17) is 4.74 Å². The van der Waals surface area contributed by atoms with Crippen molar-refractivity contribution >= 4 is 0 Å². The summed E-state index contributed by atoms with van der Waals surface area (Å²) in [4.78, 5) is 0. The zero-order chi connectivity index (χ0) is 14.5. The van der Waals surface area contributed by atoms with Crippen LogP contribution in [-0.2, 0) is 4.74 Å². The van der Waals surface area contributed by atoms with Gasteiger partial charge in [0.1, 0.15) is 11.6 Å². The predicted molar refractivity (Wildman–Crippen MR) is 75.7 cm³/mol. The second kappa shape index (κ2) is 7.14. The second-order valence-corrected chi connectivity index (χ2v) is 5.41. The molecule has 1 heterocycles. The fraction of sp³-hybridized carbons (Fsp3) is 0.625. The van der Waals surface area contributed by atoms with Gasteiger partial charge in [-0.3, -0.25) is 0 Å². The summed E-state index contributed by atoms with van der Waals surface area (Å²) in [5, 5.41) is 3.20. The van der Waals surface area contributed by atoms with Crippen LogP contribution in [0.15, 0.2) is 12.1 Å². The molecule has 1 saturated heterocycles. The maximum absolute atomic E-state index is 14.2. The van der Waals surface area contributed by atoms with Crippen LogP contribution in [-0.4, -0.2) is 19.3 Å². The molecule has 0 aromatic heterocycles. The number of hydrogen-bond donors (Lipinski definition) is 1. The van der Waals surface area contributed by atoms with E-state index < -0.39 is 11.6 Å². The van der Waals surface area contributed by atoms with E-state index >= 15 is 0 Å². The molecule has 1 aliphatic rings. The third-order valence-corrected chi connectivity index (χ3v) is 3.92. The van der Waals surface area contributed by atoms with Crippen molar-refractivity contribution in [2.45, 2.75) is 51.7 Å². The molecule has 4 heteroatoms. The van der Waals surface area contributed by atoms with Gasteiger partial charge in [-0.1, -0.05) is 13.0 Å². The lowest BCUT2D eigenvalue weighted by molar-refractivity contribution is 0.0994. The lowest BCUT2D eigenvalue weighted by Gasteiger charge is -2.22. The molecular weight excluding hydrogens is 260 g/mol. The topological polar surface area (TPSA) is 21.3 Å². The van der Waals surface area contributed by atoms with Crippen molar-refractivity contribution < 1.29 is 13.5 Å². The number of benzene rings is 1. The standard InChI is InChI=1S/C16H23F2NO/c1-3-19-14(9-7-12-5-4-10-20-12)15-13(17)8-6-11(2)16(15)18/h6,8,12,14,19H,3-5,7,9-10H2,1-2H3. The summed E-state index contributed by atoms with van der Waals surface area (Å²) in [6.45, 7) is 5.11. The maximum Gasteiger partial charge on any atom is 0.133 e. The number of rotatable bonds is 6. The molecule has 0 aliphatic carbocycles. The molecule has 0 amide bonds. The Hall–Kier alpha value is -1.00. The van der Waals surface area contributed by atoms with Crippen LogP contribution in [0, 0.1) is 18.6 Å². The third kappa shape index (κ3) is 3.55. The molecule has 2 unspecified atom stereocenters. The predicted octanol–water partition coefficient (Wildman–Crippen LogP) is 3.88. The van der Waals surface area contributed by atoms with Crippen molar-refractivity contribution in [3.63, 3.8) is 0 Å². The molecule has 1 aliphatic heterocycles. The quantitative estimate of drug-likeness (QED) is 0.855. The van der Waals surface area contributed by atoms with Crippen LogP contribution in [0.4, 0.5) is 8.78 Å². The van der Waals surface area contributed by atoms with Gasteiger partial charge >= 0.3 is 0 Å². The van der Waals surface area contributed by atoms with E-state index in [0.717, 1.165) is 25.9 Å². The molecular formula is C16H23F2NO. The van der Waals surface area contributed by atoms with Crippen molar-refractivity contribution in [3.8, 4) is 0 Å². The van der Waals surface area contributed by atoms with Crippen molar-refractivity contribution in [2.24, 2.45) is 0 Å². The van der Waals surface area contributed by atoms with Gasteiger partial charge in [0, 0.05) is 18.2 Å². The number of ether oxygens (including phenoxy) is 1. The first-order valence-electron chi connectivity index (χ1n) is 7.43. The average molecular weight is 283 g/mol. The number of hydrogen-bond acceptors (Lipinski definition) is 2. The summed E-state index contributed by atoms with van der Waals surface area (Å²) in [5.74, 6) is -0.894. The zero-order valence-electron chi connectivity index (χ0n) is 12.2. The zero-order valence-corrected chi connectivity index (χ0v) is 12.2. The van der Waals surface area contributed by atoms with E-state index in [-0.39, 0.29) is 17.7 Å². The highest BCUT2D eigenvalue weighted by atomic mass is 19.1. The van der Waals surface area contributed by atoms with Gasteiger partial charge < -0.3 is 10.1 Å². The number of halogens is 2. The van der Waals surface area contributed by atoms with E-state index in [9.17, 15) is 8.78 Å². The van der Waals surface area contributed by atoms with Gasteiger partial charge in [-0.2, -0.15) is 0 Å². The van der Waals surface area contributed by atoms with Crippen molar-refractivity contribution in [2.75, 3.05) is 13.2 Å². The van der Waals surface area contributed by atoms with Gasteiger partial charge in [0.05, 0.1) is 6.10 Å². The molecule has 1 aromatic rings. The van der Waals surface area contributed by atoms with Crippen LogP contribution in [0.3, 0.4) is 0 Å². The van der Waals surface area contributed by atoms with Gasteiger partial charge in [0.25, 0.3) is 0 Å². The van der Waals surface area contributed by atoms with Crippen LogP contribution in [0.5, 0.6) is 0 Å². The number of aryl methyl sites for hydroxylation is 1. The van der Waals surface area contributed by atoms with Crippen LogP contribution >= 0.6 is 0 Å². The lowest BCUT2D eigenvalue weighted by atomic mass is 9.96. The summed E-state index contributed by atoms with van der Waals surface area (Å²) in [7, 11) is 0. The molecule has 20 heavy (non-hydrogen) atoms. The summed E-state index contributed by atoms with van der Waals surface area (Å²) in [5.41, 5.74) is 0.659. The molecule has 0 spiro atoms. The lowest BCUT2D eigenvalue weighted by Crippen LogP contribution is -2.24. The first kappa shape index (κ1) is 15.4. The Morgan fingerprint density at radius 3 is 2.85 bits per heavy atom. The highest BCUT2D eigenvalue weighted by Crippen LogP contribution is 2.28. The molecule has 0 saturated carbocycles. The smallest absolute Gasteiger partial charge is 0.133 e. The molecule has 2 rings (SSSR count). The molecule has 0 radical (unpaired) electrons. The van der Waals surface area contributed by atoms with Gasteiger partial charge in [0.15, 0.2) is 0 Å². The molecule has 2 nitrogen and oxygen atoms in total. The summed E-state index contributed by atoms with van der Waals surface area (Å²) in [6, 6.07) is 2.55. The van der Waals surface area contributed by atoms with Crippen LogP contribution in [0.1, 0.15) is 49.8 Å². The first-order chi connectivity index (χ1) is 9.63. The van der Waals surface area contributed by atoms with Gasteiger partial charge in [-0.15, -0.1) is 0 Å². The van der Waals surface area contributed by atoms with Crippen molar-refractivity contribution in [1.82, 2.24) is 5.32 Å². The summed E-state index contributed by atoms with van der Waals surface area (Å²) < 4.78 is 33.8. The van der Waals surface area contributed by atoms with Crippen LogP contribution < -0.4 is 5.32 Å². The van der Waals surface area contributed by atoms with E-state index in [2.05, 4.69) is 5.32 Å². The van der Waals surface area contributed by atoms with Crippen LogP contribution in [0.2, 0.25) is 0 Å². The van der Waals surface area contributed by atoms with E-state index in [0.29, 0.717) is 18.5 Å². The van der Waals surface area contributed by atoms with Gasteiger partial charge in [-0.25, -0.2) is 8.78 Å². The number of nitrogens with one attached hydrogen (secondary N) is 1. The largest absolute Gasteiger partial charge is 0.378 e. The van der Waals surface area contributed by atoms with Gasteiger partial charge in [-0.05, 0) is 50.8 Å². The molecule has 1 aromatic carbocycles. The highest BCUT2D eigenvalue weighted by molar-refractivity contribution is 5.29. The minimum Gasteiger partial charge on any atom is -0.378 e. The Morgan fingerprint density at radius 2 is 2.20 bits per heavy atom. The maximum atomic E-state index is 14.2. The normalized spacial score (nSPS) is 20.3. The fourth-order valence-electron chi connectivity index (χ4n) is 2.82. The SMILES string of the molecule is CCNC(CCC1CCCO1)c1c(F)ccc(C)c1F. The first-order valence-corrected chi connectivity index (χ1v) is 7.43.